The molecule has 0 amide bonds. The van der Waals surface area contributed by atoms with Crippen molar-refractivity contribution in [1.82, 2.24) is 4.90 Å². The van der Waals surface area contributed by atoms with E-state index in [2.05, 4.69) is 91.7 Å². The van der Waals surface area contributed by atoms with E-state index >= 15 is 0 Å². The first kappa shape index (κ1) is 18.2. The van der Waals surface area contributed by atoms with E-state index in [9.17, 15) is 0 Å². The van der Waals surface area contributed by atoms with Crippen molar-refractivity contribution < 1.29 is 4.74 Å². The number of hydrogen-bond acceptors (Lipinski definition) is 2. The van der Waals surface area contributed by atoms with Crippen LogP contribution >= 0.6 is 0 Å². The van der Waals surface area contributed by atoms with Crippen LogP contribution in [0.1, 0.15) is 37.0 Å². The Balaban J connectivity index is 1.57. The summed E-state index contributed by atoms with van der Waals surface area (Å²) >= 11 is 0. The molecule has 0 spiro atoms. The molecule has 1 atom stereocenters. The number of ether oxygens (including phenoxy) is 1. The predicted octanol–water partition coefficient (Wildman–Crippen LogP) is 5.58. The maximum atomic E-state index is 6.55. The molecular formula is C25H29NO. The minimum Gasteiger partial charge on any atom is -0.373 e. The molecule has 1 saturated heterocycles. The average Bonchev–Trinajstić information content (AvgIpc) is 2.73. The summed E-state index contributed by atoms with van der Waals surface area (Å²) < 4.78 is 6.55. The van der Waals surface area contributed by atoms with Gasteiger partial charge < -0.3 is 9.64 Å². The summed E-state index contributed by atoms with van der Waals surface area (Å²) in [4.78, 5) is 2.43. The van der Waals surface area contributed by atoms with Crippen LogP contribution in [0.3, 0.4) is 0 Å². The van der Waals surface area contributed by atoms with Crippen LogP contribution in [0.2, 0.25) is 0 Å². The van der Waals surface area contributed by atoms with Crippen LogP contribution in [0.25, 0.3) is 10.8 Å². The van der Waals surface area contributed by atoms with E-state index < -0.39 is 0 Å². The van der Waals surface area contributed by atoms with Crippen LogP contribution in [-0.4, -0.2) is 31.6 Å². The molecule has 3 aromatic rings. The van der Waals surface area contributed by atoms with Crippen molar-refractivity contribution >= 4 is 10.8 Å². The minimum atomic E-state index is 0.0799. The molecule has 27 heavy (non-hydrogen) atoms. The van der Waals surface area contributed by atoms with Gasteiger partial charge in [0.15, 0.2) is 0 Å². The van der Waals surface area contributed by atoms with Crippen LogP contribution < -0.4 is 0 Å². The Bertz CT molecular complexity index is 876. The average molecular weight is 360 g/mol. The Hall–Kier alpha value is -2.16. The third kappa shape index (κ3) is 3.78. The van der Waals surface area contributed by atoms with Gasteiger partial charge in [0, 0.05) is 5.41 Å². The van der Waals surface area contributed by atoms with Crippen LogP contribution in [0, 0.1) is 0 Å². The van der Waals surface area contributed by atoms with Gasteiger partial charge in [0.2, 0.25) is 0 Å². The molecule has 1 fully saturated rings. The number of nitrogens with zero attached hydrogens (tertiary/aromatic N) is 1. The standard InChI is InChI=1S/C25H29NO/c1-20(23-14-8-10-21-9-6-7-13-24(21)23)27-19-25(15-17-26(2)18-16-25)22-11-4-3-5-12-22/h3-14,20H,15-19H2,1-2H3. The maximum absolute atomic E-state index is 6.55. The first-order valence-electron chi connectivity index (χ1n) is 10.0. The molecule has 0 aliphatic carbocycles. The molecule has 0 saturated carbocycles. The van der Waals surface area contributed by atoms with Crippen LogP contribution in [-0.2, 0) is 10.2 Å². The summed E-state index contributed by atoms with van der Waals surface area (Å²) in [5.41, 5.74) is 2.82. The van der Waals surface area contributed by atoms with Crippen molar-refractivity contribution in [2.75, 3.05) is 26.7 Å². The van der Waals surface area contributed by atoms with Crippen molar-refractivity contribution in [3.8, 4) is 0 Å². The third-order valence-corrected chi connectivity index (χ3v) is 6.20. The van der Waals surface area contributed by atoms with E-state index in [-0.39, 0.29) is 11.5 Å². The molecule has 0 aromatic heterocycles. The van der Waals surface area contributed by atoms with Gasteiger partial charge >= 0.3 is 0 Å². The van der Waals surface area contributed by atoms with Crippen molar-refractivity contribution in [2.24, 2.45) is 0 Å². The molecule has 2 nitrogen and oxygen atoms in total. The lowest BCUT2D eigenvalue weighted by molar-refractivity contribution is 0.00706. The van der Waals surface area contributed by atoms with Gasteiger partial charge in [0.05, 0.1) is 12.7 Å². The summed E-state index contributed by atoms with van der Waals surface area (Å²) in [6.07, 6.45) is 2.38. The van der Waals surface area contributed by atoms with E-state index in [0.717, 1.165) is 32.5 Å². The second-order valence-electron chi connectivity index (χ2n) is 7.97. The number of piperidine rings is 1. The Kier molecular flexibility index (Phi) is 5.29. The van der Waals surface area contributed by atoms with Crippen molar-refractivity contribution in [2.45, 2.75) is 31.3 Å². The lowest BCUT2D eigenvalue weighted by atomic mass is 9.73. The maximum Gasteiger partial charge on any atom is 0.0803 e. The van der Waals surface area contributed by atoms with Gasteiger partial charge in [0.25, 0.3) is 0 Å². The quantitative estimate of drug-likeness (QED) is 0.589. The Labute approximate surface area is 162 Å². The van der Waals surface area contributed by atoms with Gasteiger partial charge in [-0.1, -0.05) is 72.8 Å². The van der Waals surface area contributed by atoms with Crippen molar-refractivity contribution in [3.05, 3.63) is 83.9 Å². The van der Waals surface area contributed by atoms with Crippen molar-refractivity contribution in [1.29, 1.82) is 0 Å². The molecule has 1 heterocycles. The molecular weight excluding hydrogens is 330 g/mol. The lowest BCUT2D eigenvalue weighted by Gasteiger charge is -2.41. The Morgan fingerprint density at radius 1 is 0.889 bits per heavy atom. The zero-order valence-electron chi connectivity index (χ0n) is 16.4. The third-order valence-electron chi connectivity index (χ3n) is 6.20. The second-order valence-corrected chi connectivity index (χ2v) is 7.97. The monoisotopic (exact) mass is 359 g/mol. The molecule has 2 heteroatoms. The van der Waals surface area contributed by atoms with Gasteiger partial charge in [-0.25, -0.2) is 0 Å². The van der Waals surface area contributed by atoms with Crippen LogP contribution in [0.4, 0.5) is 0 Å². The molecule has 0 N–H and O–H groups in total. The van der Waals surface area contributed by atoms with E-state index in [1.807, 2.05) is 0 Å². The Morgan fingerprint density at radius 2 is 1.56 bits per heavy atom. The zero-order valence-corrected chi connectivity index (χ0v) is 16.4. The van der Waals surface area contributed by atoms with Gasteiger partial charge in [-0.2, -0.15) is 0 Å². The normalized spacial score (nSPS) is 18.4. The number of fused-ring (bicyclic) bond motifs is 1. The highest BCUT2D eigenvalue weighted by molar-refractivity contribution is 5.85. The highest BCUT2D eigenvalue weighted by atomic mass is 16.5. The molecule has 0 radical (unpaired) electrons. The number of hydrogen-bond donors (Lipinski definition) is 0. The van der Waals surface area contributed by atoms with Gasteiger partial charge in [-0.3, -0.25) is 0 Å². The van der Waals surface area contributed by atoms with Gasteiger partial charge in [-0.05, 0) is 61.8 Å². The highest BCUT2D eigenvalue weighted by Crippen LogP contribution is 2.37. The lowest BCUT2D eigenvalue weighted by Crippen LogP contribution is -2.44. The van der Waals surface area contributed by atoms with Gasteiger partial charge in [-0.15, -0.1) is 0 Å². The number of likely N-dealkylation sites (tertiary alicyclic amines) is 1. The van der Waals surface area contributed by atoms with E-state index in [0.29, 0.717) is 0 Å². The first-order chi connectivity index (χ1) is 13.2. The molecule has 140 valence electrons. The largest absolute Gasteiger partial charge is 0.373 e. The predicted molar refractivity (Wildman–Crippen MR) is 113 cm³/mol. The van der Waals surface area contributed by atoms with Crippen LogP contribution in [0.5, 0.6) is 0 Å². The van der Waals surface area contributed by atoms with E-state index in [1.165, 1.54) is 21.9 Å². The topological polar surface area (TPSA) is 12.5 Å². The fourth-order valence-electron chi connectivity index (χ4n) is 4.33. The summed E-state index contributed by atoms with van der Waals surface area (Å²) in [5.74, 6) is 0. The second kappa shape index (κ2) is 7.84. The molecule has 1 unspecified atom stereocenters. The summed E-state index contributed by atoms with van der Waals surface area (Å²) in [6.45, 7) is 5.21. The summed E-state index contributed by atoms with van der Waals surface area (Å²) in [7, 11) is 2.22. The molecule has 3 aromatic carbocycles. The summed E-state index contributed by atoms with van der Waals surface area (Å²) in [5, 5.41) is 2.58. The number of benzene rings is 3. The fraction of sp³-hybridized carbons (Fsp3) is 0.360. The first-order valence-corrected chi connectivity index (χ1v) is 10.0. The SMILES string of the molecule is CC(OCC1(c2ccccc2)CCN(C)CC1)c1cccc2ccccc12. The fourth-order valence-corrected chi connectivity index (χ4v) is 4.33. The Morgan fingerprint density at radius 3 is 2.33 bits per heavy atom. The van der Waals surface area contributed by atoms with Crippen molar-refractivity contribution in [3.63, 3.8) is 0 Å². The smallest absolute Gasteiger partial charge is 0.0803 e. The highest BCUT2D eigenvalue weighted by Gasteiger charge is 2.36. The number of rotatable bonds is 5. The van der Waals surface area contributed by atoms with E-state index in [4.69, 9.17) is 4.74 Å². The summed E-state index contributed by atoms with van der Waals surface area (Å²) in [6, 6.07) is 26.1. The van der Waals surface area contributed by atoms with E-state index in [1.54, 1.807) is 0 Å². The molecule has 0 bridgehead atoms. The van der Waals surface area contributed by atoms with Gasteiger partial charge in [0.1, 0.15) is 0 Å². The molecule has 1 aliphatic rings. The molecule has 1 aliphatic heterocycles. The zero-order chi connectivity index (χ0) is 18.7. The van der Waals surface area contributed by atoms with Crippen LogP contribution in [0.15, 0.2) is 72.8 Å². The minimum absolute atomic E-state index is 0.0799. The molecule has 4 rings (SSSR count).